The second kappa shape index (κ2) is 10.1. The summed E-state index contributed by atoms with van der Waals surface area (Å²) in [6.07, 6.45) is -3.97. The summed E-state index contributed by atoms with van der Waals surface area (Å²) in [5.41, 5.74) is -0.554. The number of amides is 2. The van der Waals surface area contributed by atoms with Crippen molar-refractivity contribution in [3.8, 4) is 11.3 Å². The summed E-state index contributed by atoms with van der Waals surface area (Å²) in [5.74, 6) is 0.128. The van der Waals surface area contributed by atoms with Crippen molar-refractivity contribution in [1.82, 2.24) is 0 Å². The Kier molecular flexibility index (Phi) is 7.02. The van der Waals surface area contributed by atoms with Crippen LogP contribution in [0.4, 0.5) is 24.5 Å². The maximum atomic E-state index is 13.6. The third-order valence-electron chi connectivity index (χ3n) is 5.41. The zero-order chi connectivity index (χ0) is 24.1. The van der Waals surface area contributed by atoms with Gasteiger partial charge in [0.15, 0.2) is 0 Å². The molecule has 4 rings (SSSR count). The smallest absolute Gasteiger partial charge is 0.418 e. The van der Waals surface area contributed by atoms with Gasteiger partial charge in [-0.15, -0.1) is 0 Å². The molecule has 1 atom stereocenters. The molecular formula is C25H23F3N2O4. The van der Waals surface area contributed by atoms with Crippen LogP contribution in [-0.4, -0.2) is 24.5 Å². The molecule has 34 heavy (non-hydrogen) atoms. The Morgan fingerprint density at radius 2 is 1.79 bits per heavy atom. The summed E-state index contributed by atoms with van der Waals surface area (Å²) < 4.78 is 51.9. The normalized spacial score (nSPS) is 15.8. The molecule has 1 aromatic heterocycles. The molecule has 0 aliphatic carbocycles. The van der Waals surface area contributed by atoms with Crippen molar-refractivity contribution in [2.24, 2.45) is 0 Å². The monoisotopic (exact) mass is 472 g/mol. The highest BCUT2D eigenvalue weighted by atomic mass is 19.4. The van der Waals surface area contributed by atoms with Crippen LogP contribution in [0.25, 0.3) is 11.3 Å². The van der Waals surface area contributed by atoms with E-state index >= 15 is 0 Å². The van der Waals surface area contributed by atoms with E-state index in [-0.39, 0.29) is 24.2 Å². The molecule has 0 bridgehead atoms. The zero-order valence-electron chi connectivity index (χ0n) is 18.2. The first-order valence-corrected chi connectivity index (χ1v) is 10.9. The minimum atomic E-state index is -4.72. The topological polar surface area (TPSA) is 80.6 Å². The molecule has 178 valence electrons. The van der Waals surface area contributed by atoms with Gasteiger partial charge < -0.3 is 19.8 Å². The SMILES string of the molecule is O=C(CCc1ccc(-c2ccccc2)o1)Nc1ccc(NC(=O)C2CCCO2)cc1C(F)(F)F. The van der Waals surface area contributed by atoms with E-state index in [0.29, 0.717) is 24.5 Å². The fraction of sp³-hybridized carbons (Fsp3) is 0.280. The minimum Gasteiger partial charge on any atom is -0.461 e. The molecular weight excluding hydrogens is 449 g/mol. The van der Waals surface area contributed by atoms with Gasteiger partial charge in [-0.25, -0.2) is 0 Å². The highest BCUT2D eigenvalue weighted by molar-refractivity contribution is 5.96. The first kappa shape index (κ1) is 23.6. The van der Waals surface area contributed by atoms with Crippen LogP contribution in [0.3, 0.4) is 0 Å². The van der Waals surface area contributed by atoms with Crippen LogP contribution in [0.15, 0.2) is 65.1 Å². The van der Waals surface area contributed by atoms with Gasteiger partial charge in [0.1, 0.15) is 17.6 Å². The number of ether oxygens (including phenoxy) is 1. The molecule has 2 amide bonds. The summed E-state index contributed by atoms with van der Waals surface area (Å²) >= 11 is 0. The predicted octanol–water partition coefficient (Wildman–Crippen LogP) is 5.65. The molecule has 1 fully saturated rings. The molecule has 9 heteroatoms. The Balaban J connectivity index is 1.39. The van der Waals surface area contributed by atoms with Crippen molar-refractivity contribution in [1.29, 1.82) is 0 Å². The maximum absolute atomic E-state index is 13.6. The van der Waals surface area contributed by atoms with E-state index in [0.717, 1.165) is 24.1 Å². The van der Waals surface area contributed by atoms with Gasteiger partial charge in [0, 0.05) is 30.7 Å². The molecule has 0 saturated carbocycles. The van der Waals surface area contributed by atoms with Crippen LogP contribution >= 0.6 is 0 Å². The summed E-state index contributed by atoms with van der Waals surface area (Å²) in [6, 6.07) is 16.2. The predicted molar refractivity (Wildman–Crippen MR) is 120 cm³/mol. The Hall–Kier alpha value is -3.59. The lowest BCUT2D eigenvalue weighted by molar-refractivity contribution is -0.137. The summed E-state index contributed by atoms with van der Waals surface area (Å²) in [6.45, 7) is 0.447. The molecule has 6 nitrogen and oxygen atoms in total. The summed E-state index contributed by atoms with van der Waals surface area (Å²) in [7, 11) is 0. The van der Waals surface area contributed by atoms with E-state index in [2.05, 4.69) is 10.6 Å². The molecule has 2 heterocycles. The molecule has 1 saturated heterocycles. The Morgan fingerprint density at radius 3 is 2.50 bits per heavy atom. The van der Waals surface area contributed by atoms with E-state index < -0.39 is 29.7 Å². The number of hydrogen-bond donors (Lipinski definition) is 2. The number of anilines is 2. The third-order valence-corrected chi connectivity index (χ3v) is 5.41. The van der Waals surface area contributed by atoms with Gasteiger partial charge >= 0.3 is 6.18 Å². The number of carbonyl (C=O) groups is 2. The molecule has 0 spiro atoms. The Morgan fingerprint density at radius 1 is 1.00 bits per heavy atom. The zero-order valence-corrected chi connectivity index (χ0v) is 18.2. The number of alkyl halides is 3. The van der Waals surface area contributed by atoms with E-state index in [4.69, 9.17) is 9.15 Å². The quantitative estimate of drug-likeness (QED) is 0.465. The molecule has 2 aromatic carbocycles. The van der Waals surface area contributed by atoms with Gasteiger partial charge in [-0.2, -0.15) is 13.2 Å². The van der Waals surface area contributed by atoms with Gasteiger partial charge in [-0.3, -0.25) is 9.59 Å². The minimum absolute atomic E-state index is 0.0187. The summed E-state index contributed by atoms with van der Waals surface area (Å²) in [4.78, 5) is 24.5. The van der Waals surface area contributed by atoms with Crippen LogP contribution in [-0.2, 0) is 26.9 Å². The van der Waals surface area contributed by atoms with Crippen molar-refractivity contribution in [2.75, 3.05) is 17.2 Å². The van der Waals surface area contributed by atoms with Crippen molar-refractivity contribution in [3.63, 3.8) is 0 Å². The van der Waals surface area contributed by atoms with Crippen LogP contribution in [0, 0.1) is 0 Å². The van der Waals surface area contributed by atoms with Gasteiger partial charge in [-0.1, -0.05) is 30.3 Å². The second-order valence-electron chi connectivity index (χ2n) is 7.93. The van der Waals surface area contributed by atoms with Gasteiger partial charge in [-0.05, 0) is 43.2 Å². The number of benzene rings is 2. The van der Waals surface area contributed by atoms with Crippen LogP contribution in [0.5, 0.6) is 0 Å². The average Bonchev–Trinajstić information content (AvgIpc) is 3.51. The lowest BCUT2D eigenvalue weighted by Crippen LogP contribution is -2.27. The van der Waals surface area contributed by atoms with Crippen molar-refractivity contribution < 1.29 is 31.9 Å². The maximum Gasteiger partial charge on any atom is 0.418 e. The lowest BCUT2D eigenvalue weighted by Gasteiger charge is -2.16. The molecule has 3 aromatic rings. The Bertz CT molecular complexity index is 1150. The highest BCUT2D eigenvalue weighted by Crippen LogP contribution is 2.37. The summed E-state index contributed by atoms with van der Waals surface area (Å²) in [5, 5.41) is 4.77. The number of carbonyl (C=O) groups excluding carboxylic acids is 2. The first-order valence-electron chi connectivity index (χ1n) is 10.9. The van der Waals surface area contributed by atoms with Gasteiger partial charge in [0.2, 0.25) is 5.91 Å². The molecule has 0 radical (unpaired) electrons. The number of aryl methyl sites for hydroxylation is 1. The molecule has 1 unspecified atom stereocenters. The van der Waals surface area contributed by atoms with Crippen LogP contribution < -0.4 is 10.6 Å². The van der Waals surface area contributed by atoms with Gasteiger partial charge in [0.05, 0.1) is 11.3 Å². The fourth-order valence-corrected chi connectivity index (χ4v) is 3.69. The third kappa shape index (κ3) is 5.85. The number of rotatable bonds is 7. The standard InChI is InChI=1S/C25H23F3N2O4/c26-25(27,28)19-15-17(29-24(32)22-7-4-14-33-22)8-11-20(19)30-23(31)13-10-18-9-12-21(34-18)16-5-2-1-3-6-16/h1-3,5-6,8-9,11-12,15,22H,4,7,10,13-14H2,(H,29,32)(H,30,31). The van der Waals surface area contributed by atoms with E-state index in [9.17, 15) is 22.8 Å². The lowest BCUT2D eigenvalue weighted by atomic mass is 10.1. The fourth-order valence-electron chi connectivity index (χ4n) is 3.69. The molecule has 2 N–H and O–H groups in total. The average molecular weight is 472 g/mol. The van der Waals surface area contributed by atoms with Gasteiger partial charge in [0.25, 0.3) is 5.91 Å². The van der Waals surface area contributed by atoms with Crippen molar-refractivity contribution in [3.05, 3.63) is 72.0 Å². The second-order valence-corrected chi connectivity index (χ2v) is 7.93. The number of hydrogen-bond acceptors (Lipinski definition) is 4. The van der Waals surface area contributed by atoms with Crippen LogP contribution in [0.1, 0.15) is 30.6 Å². The molecule has 1 aliphatic rings. The molecule has 1 aliphatic heterocycles. The van der Waals surface area contributed by atoms with E-state index in [1.165, 1.54) is 6.07 Å². The van der Waals surface area contributed by atoms with Crippen molar-refractivity contribution in [2.45, 2.75) is 38.0 Å². The van der Waals surface area contributed by atoms with Crippen LogP contribution in [0.2, 0.25) is 0 Å². The van der Waals surface area contributed by atoms with E-state index in [1.807, 2.05) is 30.3 Å². The Labute approximate surface area is 194 Å². The number of halogens is 3. The highest BCUT2D eigenvalue weighted by Gasteiger charge is 2.35. The number of nitrogens with one attached hydrogen (secondary N) is 2. The van der Waals surface area contributed by atoms with E-state index in [1.54, 1.807) is 12.1 Å². The number of furan rings is 1. The van der Waals surface area contributed by atoms with Crippen molar-refractivity contribution >= 4 is 23.2 Å². The first-order chi connectivity index (χ1) is 16.3. The largest absolute Gasteiger partial charge is 0.461 e.